The van der Waals surface area contributed by atoms with Crippen molar-refractivity contribution in [3.8, 4) is 5.75 Å². The maximum atomic E-state index is 12.5. The van der Waals surface area contributed by atoms with Gasteiger partial charge in [0.15, 0.2) is 0 Å². The molecule has 0 fully saturated rings. The number of sulfonamides is 1. The van der Waals surface area contributed by atoms with Crippen LogP contribution in [0.5, 0.6) is 5.75 Å². The van der Waals surface area contributed by atoms with Crippen molar-refractivity contribution in [3.63, 3.8) is 0 Å². The molecule has 0 spiro atoms. The van der Waals surface area contributed by atoms with Gasteiger partial charge in [0.2, 0.25) is 15.9 Å². The molecule has 0 aliphatic rings. The van der Waals surface area contributed by atoms with E-state index < -0.39 is 33.4 Å². The number of esters is 1. The number of hydrogen-bond acceptors (Lipinski definition) is 8. The summed E-state index contributed by atoms with van der Waals surface area (Å²) in [7, 11) is -2.72. The van der Waals surface area contributed by atoms with Crippen molar-refractivity contribution >= 4 is 39.0 Å². The fourth-order valence-electron chi connectivity index (χ4n) is 2.60. The van der Waals surface area contributed by atoms with E-state index in [-0.39, 0.29) is 23.7 Å². The van der Waals surface area contributed by atoms with Gasteiger partial charge in [-0.05, 0) is 37.3 Å². The number of non-ortho nitro benzene ring substituents is 1. The van der Waals surface area contributed by atoms with Gasteiger partial charge >= 0.3 is 5.97 Å². The molecule has 2 rings (SSSR count). The van der Waals surface area contributed by atoms with Gasteiger partial charge in [-0.2, -0.15) is 0 Å². The molecule has 1 amide bonds. The van der Waals surface area contributed by atoms with E-state index in [1.165, 1.54) is 37.4 Å². The van der Waals surface area contributed by atoms with Crippen LogP contribution in [-0.2, 0) is 19.6 Å². The lowest BCUT2D eigenvalue weighted by molar-refractivity contribution is -0.384. The second-order valence-electron chi connectivity index (χ2n) is 6.23. The van der Waals surface area contributed by atoms with Crippen LogP contribution < -0.4 is 14.4 Å². The van der Waals surface area contributed by atoms with E-state index in [1.54, 1.807) is 6.92 Å². The van der Waals surface area contributed by atoms with Crippen molar-refractivity contribution in [1.29, 1.82) is 0 Å². The number of anilines is 2. The summed E-state index contributed by atoms with van der Waals surface area (Å²) in [6.07, 6.45) is 0.868. The highest BCUT2D eigenvalue weighted by molar-refractivity contribution is 7.92. The van der Waals surface area contributed by atoms with Crippen molar-refractivity contribution < 1.29 is 32.4 Å². The molecule has 0 bridgehead atoms. The Morgan fingerprint density at radius 1 is 1.16 bits per heavy atom. The van der Waals surface area contributed by atoms with Crippen LogP contribution in [0.15, 0.2) is 42.5 Å². The number of nitrogens with one attached hydrogen (secondary N) is 1. The third kappa shape index (κ3) is 6.15. The Balaban J connectivity index is 2.26. The lowest BCUT2D eigenvalue weighted by Crippen LogP contribution is -2.37. The van der Waals surface area contributed by atoms with Crippen LogP contribution in [-0.4, -0.2) is 51.7 Å². The fourth-order valence-corrected chi connectivity index (χ4v) is 3.45. The van der Waals surface area contributed by atoms with E-state index in [4.69, 9.17) is 9.47 Å². The molecule has 0 aromatic heterocycles. The van der Waals surface area contributed by atoms with Crippen molar-refractivity contribution in [3.05, 3.63) is 58.1 Å². The van der Waals surface area contributed by atoms with Crippen molar-refractivity contribution in [2.24, 2.45) is 0 Å². The molecular formula is C19H21N3O8S. The molecule has 0 aliphatic heterocycles. The molecule has 2 aromatic carbocycles. The molecule has 1 N–H and O–H groups in total. The van der Waals surface area contributed by atoms with Gasteiger partial charge in [-0.3, -0.25) is 19.2 Å². The predicted octanol–water partition coefficient (Wildman–Crippen LogP) is 2.18. The first kappa shape index (κ1) is 23.6. The Morgan fingerprint density at radius 3 is 2.32 bits per heavy atom. The van der Waals surface area contributed by atoms with Crippen LogP contribution in [0.1, 0.15) is 17.3 Å². The third-order valence-corrected chi connectivity index (χ3v) is 5.14. The largest absolute Gasteiger partial charge is 0.495 e. The minimum Gasteiger partial charge on any atom is -0.495 e. The summed E-state index contributed by atoms with van der Waals surface area (Å²) in [6.45, 7) is 1.24. The molecule has 2 aromatic rings. The summed E-state index contributed by atoms with van der Waals surface area (Å²) < 4.78 is 35.3. The number of ether oxygens (including phenoxy) is 2. The topological polar surface area (TPSA) is 145 Å². The molecule has 31 heavy (non-hydrogen) atoms. The van der Waals surface area contributed by atoms with Crippen LogP contribution in [0.2, 0.25) is 0 Å². The van der Waals surface area contributed by atoms with Crippen molar-refractivity contribution in [1.82, 2.24) is 0 Å². The van der Waals surface area contributed by atoms with Gasteiger partial charge < -0.3 is 14.8 Å². The van der Waals surface area contributed by atoms with E-state index in [1.807, 2.05) is 0 Å². The Morgan fingerprint density at radius 2 is 1.81 bits per heavy atom. The highest BCUT2D eigenvalue weighted by Crippen LogP contribution is 2.33. The van der Waals surface area contributed by atoms with Gasteiger partial charge in [-0.1, -0.05) is 0 Å². The number of rotatable bonds is 9. The Kier molecular flexibility index (Phi) is 7.53. The quantitative estimate of drug-likeness (QED) is 0.347. The summed E-state index contributed by atoms with van der Waals surface area (Å²) in [4.78, 5) is 34.6. The predicted molar refractivity (Wildman–Crippen MR) is 113 cm³/mol. The molecule has 12 heteroatoms. The number of hydrogen-bond donors (Lipinski definition) is 1. The average molecular weight is 451 g/mol. The summed E-state index contributed by atoms with van der Waals surface area (Å²) in [5, 5.41) is 13.6. The van der Waals surface area contributed by atoms with E-state index in [0.29, 0.717) is 15.6 Å². The normalized spacial score (nSPS) is 10.8. The van der Waals surface area contributed by atoms with Crippen molar-refractivity contribution in [2.45, 2.75) is 6.92 Å². The summed E-state index contributed by atoms with van der Waals surface area (Å²) in [5.74, 6) is -1.17. The number of carbonyl (C=O) groups is 2. The van der Waals surface area contributed by atoms with Crippen LogP contribution in [0, 0.1) is 10.1 Å². The van der Waals surface area contributed by atoms with Gasteiger partial charge in [-0.25, -0.2) is 13.2 Å². The van der Waals surface area contributed by atoms with Crippen LogP contribution in [0.4, 0.5) is 17.1 Å². The zero-order valence-electron chi connectivity index (χ0n) is 17.0. The van der Waals surface area contributed by atoms with Gasteiger partial charge in [0, 0.05) is 17.8 Å². The number of benzene rings is 2. The fraction of sp³-hybridized carbons (Fsp3) is 0.263. The number of nitro groups is 1. The van der Waals surface area contributed by atoms with Crippen LogP contribution >= 0.6 is 0 Å². The monoisotopic (exact) mass is 451 g/mol. The lowest BCUT2D eigenvalue weighted by atomic mass is 10.2. The minimum absolute atomic E-state index is 0.0441. The van der Waals surface area contributed by atoms with E-state index >= 15 is 0 Å². The molecule has 11 nitrogen and oxygen atoms in total. The first-order valence-corrected chi connectivity index (χ1v) is 10.8. The number of nitrogens with zero attached hydrogens (tertiary/aromatic N) is 2. The molecule has 0 saturated carbocycles. The van der Waals surface area contributed by atoms with Gasteiger partial charge in [0.05, 0.1) is 30.5 Å². The standard InChI is InChI=1S/C19H21N3O8S/c1-4-30-19(24)13-5-7-14(8-6-13)20-18(23)12-21(31(3,27)28)16-11-15(22(25)26)9-10-17(16)29-2/h5-11H,4,12H2,1-3H3,(H,20,23). The second kappa shape index (κ2) is 9.89. The summed E-state index contributed by atoms with van der Waals surface area (Å²) >= 11 is 0. The smallest absolute Gasteiger partial charge is 0.338 e. The summed E-state index contributed by atoms with van der Waals surface area (Å²) in [6, 6.07) is 9.25. The number of carbonyl (C=O) groups excluding carboxylic acids is 2. The Bertz CT molecular complexity index is 1080. The first-order chi connectivity index (χ1) is 14.6. The van der Waals surface area contributed by atoms with E-state index in [9.17, 15) is 28.1 Å². The minimum atomic E-state index is -4.00. The maximum Gasteiger partial charge on any atom is 0.338 e. The van der Waals surface area contributed by atoms with Crippen molar-refractivity contribution in [2.75, 3.05) is 36.1 Å². The highest BCUT2D eigenvalue weighted by atomic mass is 32.2. The Hall–Kier alpha value is -3.67. The molecule has 0 radical (unpaired) electrons. The average Bonchev–Trinajstić information content (AvgIpc) is 2.71. The lowest BCUT2D eigenvalue weighted by Gasteiger charge is -2.23. The molecule has 0 aliphatic carbocycles. The molecule has 0 saturated heterocycles. The first-order valence-electron chi connectivity index (χ1n) is 8.94. The van der Waals surface area contributed by atoms with E-state index in [2.05, 4.69) is 5.32 Å². The highest BCUT2D eigenvalue weighted by Gasteiger charge is 2.26. The van der Waals surface area contributed by atoms with E-state index in [0.717, 1.165) is 18.4 Å². The molecular weight excluding hydrogens is 430 g/mol. The van der Waals surface area contributed by atoms with Gasteiger partial charge in [0.1, 0.15) is 18.0 Å². The molecule has 0 unspecified atom stereocenters. The van der Waals surface area contributed by atoms with Crippen LogP contribution in [0.25, 0.3) is 0 Å². The maximum absolute atomic E-state index is 12.5. The number of nitro benzene ring substituents is 1. The van der Waals surface area contributed by atoms with Gasteiger partial charge in [0.25, 0.3) is 5.69 Å². The zero-order chi connectivity index (χ0) is 23.2. The molecule has 0 heterocycles. The summed E-state index contributed by atoms with van der Waals surface area (Å²) in [5.41, 5.74) is 0.0999. The third-order valence-electron chi connectivity index (χ3n) is 4.01. The SMILES string of the molecule is CCOC(=O)c1ccc(NC(=O)CN(c2cc([N+](=O)[O-])ccc2OC)S(C)(=O)=O)cc1. The van der Waals surface area contributed by atoms with Gasteiger partial charge in [-0.15, -0.1) is 0 Å². The Labute approximate surface area is 178 Å². The second-order valence-corrected chi connectivity index (χ2v) is 8.14. The number of methoxy groups -OCH3 is 1. The molecule has 0 atom stereocenters. The number of amides is 1. The molecule has 166 valence electrons. The zero-order valence-corrected chi connectivity index (χ0v) is 17.8. The van der Waals surface area contributed by atoms with Crippen LogP contribution in [0.3, 0.4) is 0 Å².